The van der Waals surface area contributed by atoms with Crippen molar-refractivity contribution in [3.63, 3.8) is 0 Å². The predicted octanol–water partition coefficient (Wildman–Crippen LogP) is 0.965. The minimum Gasteiger partial charge on any atom is -0.371 e. The molecule has 0 saturated heterocycles. The molecule has 0 saturated carbocycles. The van der Waals surface area contributed by atoms with Crippen molar-refractivity contribution in [1.82, 2.24) is 0 Å². The largest absolute Gasteiger partial charge is 0.371 e. The molecule has 3 heteroatoms. The van der Waals surface area contributed by atoms with Crippen LogP contribution in [-0.2, 0) is 9.53 Å². The van der Waals surface area contributed by atoms with Crippen LogP contribution in [0.3, 0.4) is 0 Å². The van der Waals surface area contributed by atoms with Gasteiger partial charge in [-0.2, -0.15) is 0 Å². The van der Waals surface area contributed by atoms with E-state index in [1.165, 1.54) is 0 Å². The van der Waals surface area contributed by atoms with E-state index in [4.69, 9.17) is 10.5 Å². The number of ketones is 1. The van der Waals surface area contributed by atoms with Gasteiger partial charge in [0.25, 0.3) is 0 Å². The molecular formula is C9H19NO2. The van der Waals surface area contributed by atoms with E-state index >= 15 is 0 Å². The molecule has 72 valence electrons. The summed E-state index contributed by atoms with van der Waals surface area (Å²) >= 11 is 0. The molecule has 0 aliphatic rings. The number of carbonyl (C=O) groups is 1. The normalized spacial score (nSPS) is 13.4. The molecule has 0 bridgehead atoms. The van der Waals surface area contributed by atoms with Gasteiger partial charge in [-0.15, -0.1) is 0 Å². The fourth-order valence-electron chi connectivity index (χ4n) is 0.802. The number of hydrogen-bond donors (Lipinski definition) is 1. The van der Waals surface area contributed by atoms with Gasteiger partial charge in [0.15, 0.2) is 5.78 Å². The molecule has 0 spiro atoms. The van der Waals surface area contributed by atoms with Crippen molar-refractivity contribution in [1.29, 1.82) is 0 Å². The highest BCUT2D eigenvalue weighted by atomic mass is 16.5. The number of hydrogen-bond acceptors (Lipinski definition) is 3. The molecule has 3 nitrogen and oxygen atoms in total. The molecule has 0 amide bonds. The average molecular weight is 173 g/mol. The van der Waals surface area contributed by atoms with E-state index in [1.54, 1.807) is 0 Å². The Balaban J connectivity index is 3.57. The lowest BCUT2D eigenvalue weighted by molar-refractivity contribution is -0.128. The van der Waals surface area contributed by atoms with E-state index in [2.05, 4.69) is 0 Å². The van der Waals surface area contributed by atoms with E-state index < -0.39 is 0 Å². The van der Waals surface area contributed by atoms with E-state index in [1.807, 2.05) is 20.8 Å². The molecule has 0 aliphatic heterocycles. The summed E-state index contributed by atoms with van der Waals surface area (Å²) in [6, 6.07) is 0. The summed E-state index contributed by atoms with van der Waals surface area (Å²) in [5.41, 5.74) is 5.33. The molecule has 0 rings (SSSR count). The van der Waals surface area contributed by atoms with Crippen molar-refractivity contribution in [3.05, 3.63) is 0 Å². The molecule has 0 radical (unpaired) electrons. The SMILES string of the molecule is CC(C)OCC(=O)C(C)CCN. The van der Waals surface area contributed by atoms with Gasteiger partial charge >= 0.3 is 0 Å². The molecule has 0 aliphatic carbocycles. The maximum absolute atomic E-state index is 11.3. The van der Waals surface area contributed by atoms with E-state index in [0.717, 1.165) is 6.42 Å². The molecular weight excluding hydrogens is 154 g/mol. The van der Waals surface area contributed by atoms with Crippen molar-refractivity contribution in [2.45, 2.75) is 33.3 Å². The summed E-state index contributed by atoms with van der Waals surface area (Å²) in [5.74, 6) is 0.183. The highest BCUT2D eigenvalue weighted by molar-refractivity contribution is 5.81. The Morgan fingerprint density at radius 1 is 1.42 bits per heavy atom. The minimum atomic E-state index is 0.0359. The summed E-state index contributed by atoms with van der Waals surface area (Å²) < 4.78 is 5.18. The Hall–Kier alpha value is -0.410. The standard InChI is InChI=1S/C9H19NO2/c1-7(2)12-6-9(11)8(3)4-5-10/h7-8H,4-6,10H2,1-3H3. The third-order valence-electron chi connectivity index (χ3n) is 1.71. The van der Waals surface area contributed by atoms with E-state index in [0.29, 0.717) is 6.54 Å². The quantitative estimate of drug-likeness (QED) is 0.651. The lowest BCUT2D eigenvalue weighted by Crippen LogP contribution is -2.21. The fraction of sp³-hybridized carbons (Fsp3) is 0.889. The summed E-state index contributed by atoms with van der Waals surface area (Å²) in [6.07, 6.45) is 0.874. The number of Topliss-reactive ketones (excluding diaryl/α,β-unsaturated/α-hetero) is 1. The van der Waals surface area contributed by atoms with E-state index in [9.17, 15) is 4.79 Å². The van der Waals surface area contributed by atoms with Crippen molar-refractivity contribution >= 4 is 5.78 Å². The lowest BCUT2D eigenvalue weighted by atomic mass is 10.0. The maximum atomic E-state index is 11.3. The Kier molecular flexibility index (Phi) is 5.93. The van der Waals surface area contributed by atoms with E-state index in [-0.39, 0.29) is 24.4 Å². The fourth-order valence-corrected chi connectivity index (χ4v) is 0.802. The Morgan fingerprint density at radius 3 is 2.42 bits per heavy atom. The highest BCUT2D eigenvalue weighted by Crippen LogP contribution is 2.02. The maximum Gasteiger partial charge on any atom is 0.161 e. The van der Waals surface area contributed by atoms with Crippen LogP contribution in [0.4, 0.5) is 0 Å². The lowest BCUT2D eigenvalue weighted by Gasteiger charge is -2.10. The second-order valence-corrected chi connectivity index (χ2v) is 3.30. The topological polar surface area (TPSA) is 52.3 Å². The van der Waals surface area contributed by atoms with Crippen LogP contribution in [-0.4, -0.2) is 25.0 Å². The molecule has 0 aromatic rings. The number of carbonyl (C=O) groups excluding carboxylic acids is 1. The first-order chi connectivity index (χ1) is 5.57. The summed E-state index contributed by atoms with van der Waals surface area (Å²) in [6.45, 7) is 6.51. The average Bonchev–Trinajstić information content (AvgIpc) is 2.00. The van der Waals surface area contributed by atoms with Crippen molar-refractivity contribution in [2.75, 3.05) is 13.2 Å². The zero-order valence-electron chi connectivity index (χ0n) is 8.17. The highest BCUT2D eigenvalue weighted by Gasteiger charge is 2.12. The first-order valence-electron chi connectivity index (χ1n) is 4.42. The van der Waals surface area contributed by atoms with Gasteiger partial charge in [-0.25, -0.2) is 0 Å². The smallest absolute Gasteiger partial charge is 0.161 e. The van der Waals surface area contributed by atoms with Crippen LogP contribution in [0.5, 0.6) is 0 Å². The van der Waals surface area contributed by atoms with Gasteiger partial charge in [0.2, 0.25) is 0 Å². The third-order valence-corrected chi connectivity index (χ3v) is 1.71. The number of nitrogens with two attached hydrogens (primary N) is 1. The molecule has 0 aromatic carbocycles. The summed E-state index contributed by atoms with van der Waals surface area (Å²) in [4.78, 5) is 11.3. The minimum absolute atomic E-state index is 0.0359. The Morgan fingerprint density at radius 2 is 2.00 bits per heavy atom. The van der Waals surface area contributed by atoms with Crippen LogP contribution in [0.1, 0.15) is 27.2 Å². The second-order valence-electron chi connectivity index (χ2n) is 3.30. The Labute approximate surface area is 74.3 Å². The zero-order chi connectivity index (χ0) is 9.56. The van der Waals surface area contributed by atoms with Gasteiger partial charge in [0.05, 0.1) is 6.10 Å². The van der Waals surface area contributed by atoms with Gasteiger partial charge in [-0.05, 0) is 26.8 Å². The third kappa shape index (κ3) is 5.27. The number of rotatable bonds is 6. The van der Waals surface area contributed by atoms with Gasteiger partial charge in [-0.3, -0.25) is 4.79 Å². The number of ether oxygens (including phenoxy) is 1. The van der Waals surface area contributed by atoms with Crippen LogP contribution < -0.4 is 5.73 Å². The van der Waals surface area contributed by atoms with Gasteiger partial charge in [-0.1, -0.05) is 6.92 Å². The van der Waals surface area contributed by atoms with Crippen LogP contribution in [0.15, 0.2) is 0 Å². The summed E-state index contributed by atoms with van der Waals surface area (Å²) in [5, 5.41) is 0. The predicted molar refractivity (Wildman–Crippen MR) is 48.9 cm³/mol. The molecule has 0 fully saturated rings. The van der Waals surface area contributed by atoms with Crippen LogP contribution in [0.25, 0.3) is 0 Å². The molecule has 1 unspecified atom stereocenters. The van der Waals surface area contributed by atoms with Crippen LogP contribution in [0.2, 0.25) is 0 Å². The van der Waals surface area contributed by atoms with Crippen molar-refractivity contribution in [2.24, 2.45) is 11.7 Å². The second kappa shape index (κ2) is 6.14. The first kappa shape index (κ1) is 11.6. The molecule has 0 heterocycles. The molecule has 0 aromatic heterocycles. The molecule has 1 atom stereocenters. The molecule has 12 heavy (non-hydrogen) atoms. The van der Waals surface area contributed by atoms with Gasteiger partial charge < -0.3 is 10.5 Å². The van der Waals surface area contributed by atoms with Crippen LogP contribution in [0, 0.1) is 5.92 Å². The zero-order valence-corrected chi connectivity index (χ0v) is 8.17. The monoisotopic (exact) mass is 173 g/mol. The van der Waals surface area contributed by atoms with Gasteiger partial charge in [0, 0.05) is 5.92 Å². The van der Waals surface area contributed by atoms with Crippen LogP contribution >= 0.6 is 0 Å². The van der Waals surface area contributed by atoms with Gasteiger partial charge in [0.1, 0.15) is 6.61 Å². The van der Waals surface area contributed by atoms with Crippen molar-refractivity contribution < 1.29 is 9.53 Å². The van der Waals surface area contributed by atoms with Crippen molar-refractivity contribution in [3.8, 4) is 0 Å². The summed E-state index contributed by atoms with van der Waals surface area (Å²) in [7, 11) is 0. The Bertz CT molecular complexity index is 134. The molecule has 2 N–H and O–H groups in total. The first-order valence-corrected chi connectivity index (χ1v) is 4.42.